The summed E-state index contributed by atoms with van der Waals surface area (Å²) in [7, 11) is 0. The number of halogens is 2. The lowest BCUT2D eigenvalue weighted by atomic mass is 10.1. The van der Waals surface area contributed by atoms with Crippen molar-refractivity contribution in [2.75, 3.05) is 0 Å². The van der Waals surface area contributed by atoms with Gasteiger partial charge in [-0.2, -0.15) is 0 Å². The van der Waals surface area contributed by atoms with Crippen LogP contribution in [-0.4, -0.2) is 15.6 Å². The number of benzene rings is 3. The van der Waals surface area contributed by atoms with Gasteiger partial charge in [0.05, 0.1) is 10.6 Å². The molecule has 39 heavy (non-hydrogen) atoms. The zero-order valence-electron chi connectivity index (χ0n) is 22.0. The first-order valence-electron chi connectivity index (χ1n) is 12.4. The van der Waals surface area contributed by atoms with Crippen LogP contribution in [0.2, 0.25) is 0 Å². The van der Waals surface area contributed by atoms with Crippen LogP contribution in [0.15, 0.2) is 81.1 Å². The molecular formula is C31H27BrFN3O2S. The largest absolute Gasteiger partial charge is 0.489 e. The van der Waals surface area contributed by atoms with E-state index in [2.05, 4.69) is 36.9 Å². The molecule has 1 saturated heterocycles. The number of ether oxygens (including phenoxy) is 1. The van der Waals surface area contributed by atoms with E-state index in [4.69, 9.17) is 4.74 Å². The first kappa shape index (κ1) is 27.0. The summed E-state index contributed by atoms with van der Waals surface area (Å²) in [5.74, 6) is 0.222. The fourth-order valence-electron chi connectivity index (χ4n) is 4.53. The molecule has 0 atom stereocenters. The average Bonchev–Trinajstić information content (AvgIpc) is 3.39. The van der Waals surface area contributed by atoms with E-state index in [-0.39, 0.29) is 18.3 Å². The number of amidine groups is 1. The van der Waals surface area contributed by atoms with Crippen molar-refractivity contribution in [3.05, 3.63) is 116 Å². The summed E-state index contributed by atoms with van der Waals surface area (Å²) in [5.41, 5.74) is 7.49. The minimum atomic E-state index is -0.277. The van der Waals surface area contributed by atoms with Crippen LogP contribution < -0.4 is 10.1 Å². The summed E-state index contributed by atoms with van der Waals surface area (Å²) in [6.07, 6.45) is 1.91. The first-order chi connectivity index (χ1) is 18.7. The second-order valence-corrected chi connectivity index (χ2v) is 11.2. The van der Waals surface area contributed by atoms with E-state index in [0.717, 1.165) is 43.9 Å². The van der Waals surface area contributed by atoms with Crippen molar-refractivity contribution in [3.8, 4) is 11.4 Å². The van der Waals surface area contributed by atoms with Gasteiger partial charge >= 0.3 is 0 Å². The molecule has 1 N–H and O–H groups in total. The van der Waals surface area contributed by atoms with Gasteiger partial charge in [0.2, 0.25) is 0 Å². The molecule has 0 radical (unpaired) electrons. The van der Waals surface area contributed by atoms with Crippen LogP contribution >= 0.6 is 27.7 Å². The van der Waals surface area contributed by atoms with Gasteiger partial charge in [-0.05, 0) is 111 Å². The molecule has 0 bridgehead atoms. The molecule has 1 aliphatic heterocycles. The Hall–Kier alpha value is -3.62. The molecule has 8 heteroatoms. The Balaban J connectivity index is 1.33. The SMILES string of the molecule is Cc1cc(N=C2NC(=O)/C(=C/c3cc(C)n(-c4ccc(OCc5ccccc5F)cc4)c3C)S2)cc(C)c1Br. The van der Waals surface area contributed by atoms with E-state index in [9.17, 15) is 9.18 Å². The molecule has 1 aliphatic rings. The minimum absolute atomic E-state index is 0.162. The summed E-state index contributed by atoms with van der Waals surface area (Å²) >= 11 is 4.92. The molecule has 0 spiro atoms. The maximum atomic E-state index is 13.9. The molecule has 1 fully saturated rings. The zero-order chi connectivity index (χ0) is 27.7. The fraction of sp³-hybridized carbons (Fsp3) is 0.161. The Labute approximate surface area is 239 Å². The number of carbonyl (C=O) groups excluding carboxylic acids is 1. The van der Waals surface area contributed by atoms with Crippen molar-refractivity contribution in [1.29, 1.82) is 0 Å². The second kappa shape index (κ2) is 11.2. The number of hydrogen-bond acceptors (Lipinski definition) is 4. The van der Waals surface area contributed by atoms with E-state index >= 15 is 0 Å². The van der Waals surface area contributed by atoms with E-state index in [1.165, 1.54) is 17.8 Å². The van der Waals surface area contributed by atoms with Gasteiger partial charge in [0, 0.05) is 27.1 Å². The Bertz CT molecular complexity index is 1620. The number of rotatable bonds is 6. The number of amides is 1. The van der Waals surface area contributed by atoms with Crippen LogP contribution in [-0.2, 0) is 11.4 Å². The number of nitrogens with one attached hydrogen (secondary N) is 1. The highest BCUT2D eigenvalue weighted by Gasteiger charge is 2.25. The van der Waals surface area contributed by atoms with E-state index in [1.54, 1.807) is 18.2 Å². The van der Waals surface area contributed by atoms with Gasteiger partial charge < -0.3 is 14.6 Å². The Morgan fingerprint density at radius 2 is 1.72 bits per heavy atom. The Morgan fingerprint density at radius 1 is 1.03 bits per heavy atom. The molecule has 0 unspecified atom stereocenters. The molecule has 0 saturated carbocycles. The molecule has 3 aromatic carbocycles. The monoisotopic (exact) mass is 603 g/mol. The lowest BCUT2D eigenvalue weighted by molar-refractivity contribution is -0.115. The van der Waals surface area contributed by atoms with Crippen LogP contribution in [0.4, 0.5) is 10.1 Å². The number of carbonyl (C=O) groups is 1. The molecule has 4 aromatic rings. The predicted molar refractivity (Wildman–Crippen MR) is 160 cm³/mol. The second-order valence-electron chi connectivity index (χ2n) is 9.41. The van der Waals surface area contributed by atoms with Crippen LogP contribution in [0.1, 0.15) is 33.6 Å². The Kier molecular flexibility index (Phi) is 7.77. The zero-order valence-corrected chi connectivity index (χ0v) is 24.4. The van der Waals surface area contributed by atoms with Crippen molar-refractivity contribution >= 4 is 50.5 Å². The number of hydrogen-bond donors (Lipinski definition) is 1. The third-order valence-electron chi connectivity index (χ3n) is 6.51. The van der Waals surface area contributed by atoms with Crippen LogP contribution in [0.25, 0.3) is 11.8 Å². The minimum Gasteiger partial charge on any atom is -0.489 e. The van der Waals surface area contributed by atoms with Crippen LogP contribution in [0, 0.1) is 33.5 Å². The maximum Gasteiger partial charge on any atom is 0.264 e. The van der Waals surface area contributed by atoms with Crippen LogP contribution in [0.3, 0.4) is 0 Å². The number of thioether (sulfide) groups is 1. The molecular weight excluding hydrogens is 577 g/mol. The van der Waals surface area contributed by atoms with Crippen molar-refractivity contribution in [1.82, 2.24) is 9.88 Å². The van der Waals surface area contributed by atoms with Gasteiger partial charge in [0.15, 0.2) is 5.17 Å². The average molecular weight is 605 g/mol. The number of aliphatic imine (C=N–C) groups is 1. The molecule has 0 aliphatic carbocycles. The highest BCUT2D eigenvalue weighted by molar-refractivity contribution is 9.10. The topological polar surface area (TPSA) is 55.6 Å². The van der Waals surface area contributed by atoms with E-state index in [0.29, 0.717) is 21.4 Å². The number of nitrogens with zero attached hydrogens (tertiary/aromatic N) is 2. The molecule has 5 nitrogen and oxygen atoms in total. The lowest BCUT2D eigenvalue weighted by Gasteiger charge is -2.12. The molecule has 2 heterocycles. The van der Waals surface area contributed by atoms with Crippen molar-refractivity contribution in [2.24, 2.45) is 4.99 Å². The first-order valence-corrected chi connectivity index (χ1v) is 14.0. The normalized spacial score (nSPS) is 15.3. The Morgan fingerprint density at radius 3 is 2.41 bits per heavy atom. The molecule has 1 amide bonds. The lowest BCUT2D eigenvalue weighted by Crippen LogP contribution is -2.19. The summed E-state index contributed by atoms with van der Waals surface area (Å²) in [6, 6.07) is 20.3. The quantitative estimate of drug-likeness (QED) is 0.227. The van der Waals surface area contributed by atoms with Crippen molar-refractivity contribution < 1.29 is 13.9 Å². The summed E-state index contributed by atoms with van der Waals surface area (Å²) in [6.45, 7) is 8.27. The molecule has 5 rings (SSSR count). The number of aromatic nitrogens is 1. The molecule has 198 valence electrons. The van der Waals surface area contributed by atoms with Gasteiger partial charge in [0.1, 0.15) is 18.2 Å². The fourth-order valence-corrected chi connectivity index (χ4v) is 5.59. The van der Waals surface area contributed by atoms with Gasteiger partial charge in [-0.15, -0.1) is 0 Å². The maximum absolute atomic E-state index is 13.9. The predicted octanol–water partition coefficient (Wildman–Crippen LogP) is 8.08. The summed E-state index contributed by atoms with van der Waals surface area (Å²) < 4.78 is 22.9. The highest BCUT2D eigenvalue weighted by atomic mass is 79.9. The van der Waals surface area contributed by atoms with Gasteiger partial charge in [-0.1, -0.05) is 34.1 Å². The van der Waals surface area contributed by atoms with Gasteiger partial charge in [0.25, 0.3) is 5.91 Å². The van der Waals surface area contributed by atoms with E-state index < -0.39 is 0 Å². The van der Waals surface area contributed by atoms with Gasteiger partial charge in [-0.3, -0.25) is 4.79 Å². The number of aryl methyl sites for hydroxylation is 3. The summed E-state index contributed by atoms with van der Waals surface area (Å²) in [4.78, 5) is 18.0. The smallest absolute Gasteiger partial charge is 0.264 e. The highest BCUT2D eigenvalue weighted by Crippen LogP contribution is 2.32. The third-order valence-corrected chi connectivity index (χ3v) is 8.67. The van der Waals surface area contributed by atoms with Crippen molar-refractivity contribution in [2.45, 2.75) is 34.3 Å². The molecule has 1 aromatic heterocycles. The van der Waals surface area contributed by atoms with Crippen molar-refractivity contribution in [3.63, 3.8) is 0 Å². The van der Waals surface area contributed by atoms with Crippen LogP contribution in [0.5, 0.6) is 5.75 Å². The third kappa shape index (κ3) is 5.87. The van der Waals surface area contributed by atoms with E-state index in [1.807, 2.05) is 70.2 Å². The standard InChI is InChI=1S/C31H27BrFN3O2S/c1-18-13-24(14-19(2)29(18)32)34-31-35-30(37)28(39-31)16-23-15-20(3)36(21(23)4)25-9-11-26(12-10-25)38-17-22-7-5-6-8-27(22)33/h5-16H,17H2,1-4H3,(H,34,35,37)/b28-16-. The summed E-state index contributed by atoms with van der Waals surface area (Å²) in [5, 5.41) is 3.44. The van der Waals surface area contributed by atoms with Gasteiger partial charge in [-0.25, -0.2) is 9.38 Å².